The number of carbonyl (C=O) groups is 3. The Kier molecular flexibility index (Phi) is 4.43. The summed E-state index contributed by atoms with van der Waals surface area (Å²) in [5, 5.41) is 0. The molecule has 0 saturated carbocycles. The SMILES string of the molecule is CC(=O)C(C(C)=O)=C1SC2(SC(=S)N(c3ccccc3)C2=O)S1. The van der Waals surface area contributed by atoms with E-state index in [1.807, 2.05) is 30.3 Å². The second-order valence-corrected chi connectivity index (χ2v) is 10.2. The molecule has 2 heterocycles. The van der Waals surface area contributed by atoms with Crippen molar-refractivity contribution in [2.45, 2.75) is 17.3 Å². The molecule has 0 atom stereocenters. The summed E-state index contributed by atoms with van der Waals surface area (Å²) in [6.07, 6.45) is 0. The highest BCUT2D eigenvalue weighted by Gasteiger charge is 2.60. The normalized spacial score (nSPS) is 23.2. The molecule has 0 N–H and O–H groups in total. The predicted octanol–water partition coefficient (Wildman–Crippen LogP) is 3.57. The van der Waals surface area contributed by atoms with Crippen LogP contribution >= 0.6 is 47.5 Å². The molecule has 8 heteroatoms. The summed E-state index contributed by atoms with van der Waals surface area (Å²) >= 11 is 9.12. The summed E-state index contributed by atoms with van der Waals surface area (Å²) in [5.41, 5.74) is 0.895. The van der Waals surface area contributed by atoms with Crippen LogP contribution in [0.25, 0.3) is 0 Å². The molecular formula is C15H11NO3S4. The number of benzene rings is 1. The molecule has 23 heavy (non-hydrogen) atoms. The van der Waals surface area contributed by atoms with Crippen molar-refractivity contribution in [2.24, 2.45) is 0 Å². The van der Waals surface area contributed by atoms with E-state index in [0.717, 1.165) is 5.69 Å². The van der Waals surface area contributed by atoms with Crippen molar-refractivity contribution >= 4 is 75.0 Å². The molecule has 0 unspecified atom stereocenters. The molecule has 1 aromatic carbocycles. The second-order valence-electron chi connectivity index (χ2n) is 4.88. The summed E-state index contributed by atoms with van der Waals surface area (Å²) in [6, 6.07) is 9.21. The zero-order chi connectivity index (χ0) is 16.8. The molecule has 2 aliphatic rings. The van der Waals surface area contributed by atoms with Crippen LogP contribution in [0.5, 0.6) is 0 Å². The van der Waals surface area contributed by atoms with Gasteiger partial charge in [-0.15, -0.1) is 0 Å². The highest BCUT2D eigenvalue weighted by molar-refractivity contribution is 8.54. The van der Waals surface area contributed by atoms with Crippen LogP contribution < -0.4 is 4.90 Å². The van der Waals surface area contributed by atoms with Crippen molar-refractivity contribution in [3.8, 4) is 0 Å². The predicted molar refractivity (Wildman–Crippen MR) is 100 cm³/mol. The third-order valence-corrected chi connectivity index (χ3v) is 8.14. The first-order valence-corrected chi connectivity index (χ1v) is 9.48. The van der Waals surface area contributed by atoms with Gasteiger partial charge < -0.3 is 0 Å². The Hall–Kier alpha value is -1.09. The largest absolute Gasteiger partial charge is 0.294 e. The van der Waals surface area contributed by atoms with Gasteiger partial charge in [0.1, 0.15) is 4.32 Å². The Labute approximate surface area is 151 Å². The van der Waals surface area contributed by atoms with E-state index in [4.69, 9.17) is 12.2 Å². The van der Waals surface area contributed by atoms with E-state index in [1.165, 1.54) is 54.0 Å². The van der Waals surface area contributed by atoms with Gasteiger partial charge in [0.15, 0.2) is 11.6 Å². The van der Waals surface area contributed by atoms with Gasteiger partial charge in [0.25, 0.3) is 5.91 Å². The summed E-state index contributed by atoms with van der Waals surface area (Å²) in [7, 11) is 0. The standard InChI is InChI=1S/C15H11NO3S4/c1-8(17)11(9(2)18)12-21-15(22-12)13(19)16(14(20)23-15)10-6-4-3-5-7-10/h3-7H,1-2H3. The van der Waals surface area contributed by atoms with Gasteiger partial charge in [-0.25, -0.2) is 0 Å². The lowest BCUT2D eigenvalue weighted by Crippen LogP contribution is -2.39. The van der Waals surface area contributed by atoms with Crippen LogP contribution in [0, 0.1) is 0 Å². The molecule has 1 amide bonds. The molecule has 3 rings (SSSR count). The number of nitrogens with zero attached hydrogens (tertiary/aromatic N) is 1. The van der Waals surface area contributed by atoms with Gasteiger partial charge in [-0.1, -0.05) is 65.7 Å². The van der Waals surface area contributed by atoms with Gasteiger partial charge in [-0.05, 0) is 26.0 Å². The zero-order valence-electron chi connectivity index (χ0n) is 12.2. The number of amides is 1. The number of thiocarbonyl (C=S) groups is 1. The monoisotopic (exact) mass is 381 g/mol. The summed E-state index contributed by atoms with van der Waals surface area (Å²) in [5.74, 6) is -0.690. The van der Waals surface area contributed by atoms with Crippen molar-refractivity contribution in [1.29, 1.82) is 0 Å². The number of thioether (sulfide) groups is 3. The zero-order valence-corrected chi connectivity index (χ0v) is 15.5. The number of ketones is 2. The third kappa shape index (κ3) is 2.77. The fraction of sp³-hybridized carbons (Fsp3) is 0.200. The first kappa shape index (κ1) is 16.8. The summed E-state index contributed by atoms with van der Waals surface area (Å²) < 4.78 is 0.259. The molecule has 2 aliphatic heterocycles. The maximum atomic E-state index is 12.8. The molecule has 2 fully saturated rings. The van der Waals surface area contributed by atoms with Crippen LogP contribution in [0.15, 0.2) is 40.1 Å². The highest BCUT2D eigenvalue weighted by atomic mass is 32.3. The van der Waals surface area contributed by atoms with Crippen LogP contribution in [-0.2, 0) is 14.4 Å². The fourth-order valence-corrected chi connectivity index (χ4v) is 8.07. The lowest BCUT2D eigenvalue weighted by molar-refractivity contribution is -0.119. The molecule has 0 bridgehead atoms. The molecular weight excluding hydrogens is 370 g/mol. The second kappa shape index (κ2) is 6.08. The van der Waals surface area contributed by atoms with Crippen LogP contribution in [0.2, 0.25) is 0 Å². The smallest absolute Gasteiger partial charge is 0.270 e. The van der Waals surface area contributed by atoms with Crippen molar-refractivity contribution < 1.29 is 14.4 Å². The molecule has 118 valence electrons. The number of allylic oxidation sites excluding steroid dienone is 1. The van der Waals surface area contributed by atoms with Crippen LogP contribution in [0.4, 0.5) is 5.69 Å². The first-order chi connectivity index (χ1) is 10.9. The first-order valence-electron chi connectivity index (χ1n) is 6.62. The Morgan fingerprint density at radius 1 is 1.04 bits per heavy atom. The van der Waals surface area contributed by atoms with Crippen LogP contribution in [0.1, 0.15) is 13.8 Å². The number of hydrogen-bond donors (Lipinski definition) is 0. The van der Waals surface area contributed by atoms with E-state index in [0.29, 0.717) is 8.56 Å². The number of carbonyl (C=O) groups excluding carboxylic acids is 3. The molecule has 4 nitrogen and oxygen atoms in total. The number of Topliss-reactive ketones (excluding diaryl/α,β-unsaturated/α-hetero) is 2. The van der Waals surface area contributed by atoms with Crippen molar-refractivity contribution in [2.75, 3.05) is 4.90 Å². The minimum absolute atomic E-state index is 0.135. The molecule has 0 aromatic heterocycles. The van der Waals surface area contributed by atoms with Gasteiger partial charge >= 0.3 is 0 Å². The average Bonchev–Trinajstić information content (AvgIpc) is 2.70. The van der Waals surface area contributed by atoms with E-state index >= 15 is 0 Å². The number of para-hydroxylation sites is 1. The van der Waals surface area contributed by atoms with Gasteiger partial charge in [0.05, 0.1) is 15.5 Å². The number of rotatable bonds is 3. The Morgan fingerprint density at radius 3 is 2.13 bits per heavy atom. The summed E-state index contributed by atoms with van der Waals surface area (Å²) in [6.45, 7) is 2.72. The molecule has 1 spiro atoms. The average molecular weight is 382 g/mol. The van der Waals surface area contributed by atoms with Crippen molar-refractivity contribution in [3.63, 3.8) is 0 Å². The molecule has 1 aromatic rings. The molecule has 0 radical (unpaired) electrons. The minimum Gasteiger partial charge on any atom is -0.294 e. The van der Waals surface area contributed by atoms with Crippen molar-refractivity contribution in [1.82, 2.24) is 0 Å². The maximum Gasteiger partial charge on any atom is 0.270 e. The van der Waals surface area contributed by atoms with Crippen LogP contribution in [-0.4, -0.2) is 25.2 Å². The van der Waals surface area contributed by atoms with Crippen LogP contribution in [0.3, 0.4) is 0 Å². The van der Waals surface area contributed by atoms with Crippen molar-refractivity contribution in [3.05, 3.63) is 40.1 Å². The summed E-state index contributed by atoms with van der Waals surface area (Å²) in [4.78, 5) is 37.6. The number of anilines is 1. The third-order valence-electron chi connectivity index (χ3n) is 3.25. The maximum absolute atomic E-state index is 12.8. The quantitative estimate of drug-likeness (QED) is 0.343. The topological polar surface area (TPSA) is 54.5 Å². The lowest BCUT2D eigenvalue weighted by Gasteiger charge is -2.35. The van der Waals surface area contributed by atoms with Gasteiger partial charge in [-0.3, -0.25) is 19.3 Å². The van der Waals surface area contributed by atoms with Gasteiger partial charge in [0, 0.05) is 0 Å². The van der Waals surface area contributed by atoms with Gasteiger partial charge in [0.2, 0.25) is 3.41 Å². The Balaban J connectivity index is 1.89. The molecule has 0 aliphatic carbocycles. The van der Waals surface area contributed by atoms with Gasteiger partial charge in [-0.2, -0.15) is 0 Å². The van der Waals surface area contributed by atoms with E-state index in [1.54, 1.807) is 0 Å². The van der Waals surface area contributed by atoms with E-state index < -0.39 is 3.41 Å². The van der Waals surface area contributed by atoms with E-state index in [9.17, 15) is 14.4 Å². The minimum atomic E-state index is -0.821. The lowest BCUT2D eigenvalue weighted by atomic mass is 10.1. The van der Waals surface area contributed by atoms with E-state index in [-0.39, 0.29) is 23.0 Å². The van der Waals surface area contributed by atoms with E-state index in [2.05, 4.69) is 0 Å². The number of hydrogen-bond acceptors (Lipinski definition) is 7. The molecule has 2 saturated heterocycles. The highest BCUT2D eigenvalue weighted by Crippen LogP contribution is 2.70. The Bertz CT molecular complexity index is 748. The fourth-order valence-electron chi connectivity index (χ4n) is 2.24. The Morgan fingerprint density at radius 2 is 1.61 bits per heavy atom.